The van der Waals surface area contributed by atoms with E-state index in [1.54, 1.807) is 0 Å². The zero-order valence-corrected chi connectivity index (χ0v) is 8.35. The Labute approximate surface area is 84.3 Å². The summed E-state index contributed by atoms with van der Waals surface area (Å²) in [5.41, 5.74) is 0. The second kappa shape index (κ2) is 4.29. The molecule has 0 radical (unpaired) electrons. The van der Waals surface area contributed by atoms with Crippen LogP contribution in [-0.2, 0) is 4.79 Å². The van der Waals surface area contributed by atoms with E-state index < -0.39 is 5.97 Å². The van der Waals surface area contributed by atoms with Crippen LogP contribution in [0.3, 0.4) is 0 Å². The number of carbonyl (C=O) groups is 1. The molecule has 4 heteroatoms. The van der Waals surface area contributed by atoms with E-state index in [-0.39, 0.29) is 18.3 Å². The third-order valence-corrected chi connectivity index (χ3v) is 3.27. The highest BCUT2D eigenvalue weighted by molar-refractivity contribution is 5.85. The van der Waals surface area contributed by atoms with Crippen LogP contribution in [-0.4, -0.2) is 23.7 Å². The molecule has 13 heavy (non-hydrogen) atoms. The Morgan fingerprint density at radius 2 is 2.08 bits per heavy atom. The molecule has 1 heterocycles. The summed E-state index contributed by atoms with van der Waals surface area (Å²) in [6.45, 7) is 1.01. The van der Waals surface area contributed by atoms with E-state index in [1.165, 1.54) is 6.42 Å². The first kappa shape index (κ1) is 10.8. The van der Waals surface area contributed by atoms with E-state index in [1.807, 2.05) is 0 Å². The van der Waals surface area contributed by atoms with Gasteiger partial charge in [0.25, 0.3) is 0 Å². The average Bonchev–Trinajstić information content (AvgIpc) is 2.49. The minimum Gasteiger partial charge on any atom is -0.481 e. The van der Waals surface area contributed by atoms with Crippen molar-refractivity contribution in [3.63, 3.8) is 0 Å². The summed E-state index contributed by atoms with van der Waals surface area (Å²) in [4.78, 5) is 10.9. The predicted octanol–water partition coefficient (Wildman–Crippen LogP) is 1.27. The van der Waals surface area contributed by atoms with Crippen LogP contribution >= 0.6 is 12.4 Å². The lowest BCUT2D eigenvalue weighted by molar-refractivity contribution is -0.145. The molecule has 1 aliphatic heterocycles. The SMILES string of the molecule is Cl.O=C(O)C1CCC[C@@H]2NCC[C@H]12. The number of fused-ring (bicyclic) bond motifs is 1. The van der Waals surface area contributed by atoms with Gasteiger partial charge in [-0.05, 0) is 31.7 Å². The molecule has 0 amide bonds. The third kappa shape index (κ3) is 1.97. The lowest BCUT2D eigenvalue weighted by Crippen LogP contribution is -2.38. The molecule has 2 aliphatic rings. The zero-order chi connectivity index (χ0) is 8.55. The van der Waals surface area contributed by atoms with Gasteiger partial charge in [-0.3, -0.25) is 4.79 Å². The van der Waals surface area contributed by atoms with E-state index in [0.717, 1.165) is 25.8 Å². The minimum absolute atomic E-state index is 0. The fourth-order valence-corrected chi connectivity index (χ4v) is 2.66. The second-order valence-corrected chi connectivity index (χ2v) is 3.89. The Morgan fingerprint density at radius 3 is 2.77 bits per heavy atom. The molecule has 0 aromatic heterocycles. The van der Waals surface area contributed by atoms with E-state index in [4.69, 9.17) is 5.11 Å². The maximum absolute atomic E-state index is 10.9. The largest absolute Gasteiger partial charge is 0.481 e. The third-order valence-electron chi connectivity index (χ3n) is 3.27. The fraction of sp³-hybridized carbons (Fsp3) is 0.889. The van der Waals surface area contributed by atoms with Gasteiger partial charge in [0.2, 0.25) is 0 Å². The first-order valence-corrected chi connectivity index (χ1v) is 4.75. The van der Waals surface area contributed by atoms with Crippen molar-refractivity contribution in [2.24, 2.45) is 11.8 Å². The summed E-state index contributed by atoms with van der Waals surface area (Å²) in [6, 6.07) is 0.500. The van der Waals surface area contributed by atoms with E-state index in [9.17, 15) is 4.79 Å². The predicted molar refractivity (Wildman–Crippen MR) is 52.1 cm³/mol. The van der Waals surface area contributed by atoms with Gasteiger partial charge in [-0.2, -0.15) is 0 Å². The number of hydrogen-bond donors (Lipinski definition) is 2. The Hall–Kier alpha value is -0.280. The monoisotopic (exact) mass is 205 g/mol. The van der Waals surface area contributed by atoms with Crippen molar-refractivity contribution in [1.82, 2.24) is 5.32 Å². The van der Waals surface area contributed by atoms with Crippen molar-refractivity contribution in [1.29, 1.82) is 0 Å². The van der Waals surface area contributed by atoms with Crippen molar-refractivity contribution in [2.75, 3.05) is 6.54 Å². The van der Waals surface area contributed by atoms with Crippen LogP contribution in [0.4, 0.5) is 0 Å². The van der Waals surface area contributed by atoms with Gasteiger partial charge < -0.3 is 10.4 Å². The Bertz CT molecular complexity index is 198. The van der Waals surface area contributed by atoms with Crippen molar-refractivity contribution in [3.8, 4) is 0 Å². The maximum Gasteiger partial charge on any atom is 0.306 e. The number of rotatable bonds is 1. The van der Waals surface area contributed by atoms with Crippen LogP contribution in [0, 0.1) is 11.8 Å². The summed E-state index contributed by atoms with van der Waals surface area (Å²) >= 11 is 0. The smallest absolute Gasteiger partial charge is 0.306 e. The number of carboxylic acid groups (broad SMARTS) is 1. The van der Waals surface area contributed by atoms with Crippen LogP contribution < -0.4 is 5.32 Å². The van der Waals surface area contributed by atoms with Crippen LogP contribution in [0.5, 0.6) is 0 Å². The summed E-state index contributed by atoms with van der Waals surface area (Å²) < 4.78 is 0. The fourth-order valence-electron chi connectivity index (χ4n) is 2.66. The topological polar surface area (TPSA) is 49.3 Å². The lowest BCUT2D eigenvalue weighted by atomic mass is 9.76. The van der Waals surface area contributed by atoms with Gasteiger partial charge in [-0.1, -0.05) is 6.42 Å². The number of nitrogens with one attached hydrogen (secondary N) is 1. The van der Waals surface area contributed by atoms with Crippen LogP contribution in [0.1, 0.15) is 25.7 Å². The summed E-state index contributed by atoms with van der Waals surface area (Å²) in [7, 11) is 0. The average molecular weight is 206 g/mol. The normalized spacial score (nSPS) is 37.7. The Morgan fingerprint density at radius 1 is 1.31 bits per heavy atom. The second-order valence-electron chi connectivity index (χ2n) is 3.89. The van der Waals surface area contributed by atoms with Gasteiger partial charge in [-0.25, -0.2) is 0 Å². The molecule has 3 atom stereocenters. The molecule has 76 valence electrons. The van der Waals surface area contributed by atoms with Crippen LogP contribution in [0.2, 0.25) is 0 Å². The Kier molecular flexibility index (Phi) is 3.56. The molecule has 1 saturated carbocycles. The standard InChI is InChI=1S/C9H15NO2.ClH/c11-9(12)7-2-1-3-8-6(7)4-5-10-8;/h6-8,10H,1-5H2,(H,11,12);1H/t6-,7?,8+;/m1./s1. The van der Waals surface area contributed by atoms with Crippen LogP contribution in [0.25, 0.3) is 0 Å². The van der Waals surface area contributed by atoms with Crippen molar-refractivity contribution >= 4 is 18.4 Å². The lowest BCUT2D eigenvalue weighted by Gasteiger charge is -2.30. The molecule has 2 rings (SSSR count). The highest BCUT2D eigenvalue weighted by Gasteiger charge is 2.39. The number of halogens is 1. The molecule has 1 unspecified atom stereocenters. The highest BCUT2D eigenvalue weighted by atomic mass is 35.5. The molecule has 0 bridgehead atoms. The molecule has 2 N–H and O–H groups in total. The molecule has 1 aliphatic carbocycles. The molecular formula is C9H16ClNO2. The summed E-state index contributed by atoms with van der Waals surface area (Å²) in [5.74, 6) is -0.247. The molecule has 0 aromatic carbocycles. The molecular weight excluding hydrogens is 190 g/mol. The molecule has 0 aromatic rings. The van der Waals surface area contributed by atoms with Gasteiger partial charge in [0.1, 0.15) is 0 Å². The highest BCUT2D eigenvalue weighted by Crippen LogP contribution is 2.35. The molecule has 0 spiro atoms. The van der Waals surface area contributed by atoms with E-state index >= 15 is 0 Å². The van der Waals surface area contributed by atoms with Gasteiger partial charge in [0.05, 0.1) is 5.92 Å². The molecule has 2 fully saturated rings. The van der Waals surface area contributed by atoms with Gasteiger partial charge in [0.15, 0.2) is 0 Å². The molecule has 3 nitrogen and oxygen atoms in total. The van der Waals surface area contributed by atoms with E-state index in [2.05, 4.69) is 5.32 Å². The summed E-state index contributed by atoms with van der Waals surface area (Å²) in [6.07, 6.45) is 4.19. The quantitative estimate of drug-likeness (QED) is 0.678. The Balaban J connectivity index is 0.000000845. The molecule has 1 saturated heterocycles. The summed E-state index contributed by atoms with van der Waals surface area (Å²) in [5, 5.41) is 12.3. The number of hydrogen-bond acceptors (Lipinski definition) is 2. The van der Waals surface area contributed by atoms with Gasteiger partial charge in [0, 0.05) is 6.04 Å². The van der Waals surface area contributed by atoms with E-state index in [0.29, 0.717) is 12.0 Å². The van der Waals surface area contributed by atoms with Gasteiger partial charge >= 0.3 is 5.97 Å². The first-order chi connectivity index (χ1) is 5.79. The van der Waals surface area contributed by atoms with Gasteiger partial charge in [-0.15, -0.1) is 12.4 Å². The number of carboxylic acids is 1. The van der Waals surface area contributed by atoms with Crippen LogP contribution in [0.15, 0.2) is 0 Å². The van der Waals surface area contributed by atoms with Crippen molar-refractivity contribution < 1.29 is 9.90 Å². The number of aliphatic carboxylic acids is 1. The van der Waals surface area contributed by atoms with Crippen molar-refractivity contribution in [2.45, 2.75) is 31.7 Å². The van der Waals surface area contributed by atoms with Crippen molar-refractivity contribution in [3.05, 3.63) is 0 Å². The minimum atomic E-state index is -0.589. The maximum atomic E-state index is 10.9. The zero-order valence-electron chi connectivity index (χ0n) is 7.53. The first-order valence-electron chi connectivity index (χ1n) is 4.75.